The van der Waals surface area contributed by atoms with Crippen molar-refractivity contribution in [1.82, 2.24) is 0 Å². The van der Waals surface area contributed by atoms with Crippen LogP contribution in [-0.4, -0.2) is 25.3 Å². The molecule has 3 heteroatoms. The first kappa shape index (κ1) is 12.2. The van der Waals surface area contributed by atoms with Crippen molar-refractivity contribution in [2.75, 3.05) is 13.2 Å². The Labute approximate surface area is 91.4 Å². The van der Waals surface area contributed by atoms with Crippen molar-refractivity contribution < 1.29 is 14.3 Å². The molecule has 3 nitrogen and oxygen atoms in total. The van der Waals surface area contributed by atoms with Gasteiger partial charge in [-0.05, 0) is 13.3 Å². The van der Waals surface area contributed by atoms with Crippen LogP contribution in [0.15, 0.2) is 11.6 Å². The summed E-state index contributed by atoms with van der Waals surface area (Å²) in [7, 11) is 0. The summed E-state index contributed by atoms with van der Waals surface area (Å²) >= 11 is 0. The van der Waals surface area contributed by atoms with Gasteiger partial charge in [0.1, 0.15) is 0 Å². The van der Waals surface area contributed by atoms with Gasteiger partial charge in [-0.1, -0.05) is 25.5 Å². The fourth-order valence-electron chi connectivity index (χ4n) is 1.56. The Morgan fingerprint density at radius 3 is 2.87 bits per heavy atom. The molecule has 1 heterocycles. The van der Waals surface area contributed by atoms with Crippen LogP contribution in [0.4, 0.5) is 0 Å². The largest absolute Gasteiger partial charge is 0.465 e. The lowest BCUT2D eigenvalue weighted by Gasteiger charge is -2.34. The van der Waals surface area contributed by atoms with Crippen LogP contribution in [0.5, 0.6) is 0 Å². The Bertz CT molecular complexity index is 266. The summed E-state index contributed by atoms with van der Waals surface area (Å²) in [4.78, 5) is 10.8. The van der Waals surface area contributed by atoms with Crippen LogP contribution in [0, 0.1) is 5.41 Å². The second-order valence-electron chi connectivity index (χ2n) is 4.82. The van der Waals surface area contributed by atoms with Gasteiger partial charge in [-0.3, -0.25) is 4.79 Å². The molecule has 1 atom stereocenters. The Kier molecular flexibility index (Phi) is 3.91. The lowest BCUT2D eigenvalue weighted by atomic mass is 9.85. The first-order chi connectivity index (χ1) is 6.92. The summed E-state index contributed by atoms with van der Waals surface area (Å²) in [6, 6.07) is 0. The van der Waals surface area contributed by atoms with Crippen molar-refractivity contribution in [1.29, 1.82) is 0 Å². The molecule has 0 saturated heterocycles. The number of rotatable bonds is 3. The average Bonchev–Trinajstić information content (AvgIpc) is 2.15. The molecule has 0 aromatic rings. The van der Waals surface area contributed by atoms with Crippen molar-refractivity contribution in [2.45, 2.75) is 40.2 Å². The first-order valence-electron chi connectivity index (χ1n) is 5.34. The Morgan fingerprint density at radius 2 is 2.33 bits per heavy atom. The Morgan fingerprint density at radius 1 is 1.67 bits per heavy atom. The Balaban J connectivity index is 2.59. The minimum Gasteiger partial charge on any atom is -0.465 e. The lowest BCUT2D eigenvalue weighted by molar-refractivity contribution is -0.146. The molecular weight excluding hydrogens is 192 g/mol. The third-order valence-corrected chi connectivity index (χ3v) is 2.65. The number of carbonyl (C=O) groups excluding carboxylic acids is 1. The highest BCUT2D eigenvalue weighted by atomic mass is 16.5. The minimum absolute atomic E-state index is 0.0469. The van der Waals surface area contributed by atoms with Crippen LogP contribution < -0.4 is 0 Å². The molecule has 0 saturated carbocycles. The molecule has 1 unspecified atom stereocenters. The average molecular weight is 212 g/mol. The fraction of sp³-hybridized carbons (Fsp3) is 0.750. The summed E-state index contributed by atoms with van der Waals surface area (Å²) in [5.74, 6) is -0.236. The molecule has 0 aliphatic carbocycles. The van der Waals surface area contributed by atoms with E-state index in [0.717, 1.165) is 13.0 Å². The van der Waals surface area contributed by atoms with Crippen molar-refractivity contribution >= 4 is 5.97 Å². The van der Waals surface area contributed by atoms with E-state index in [1.54, 1.807) is 0 Å². The lowest BCUT2D eigenvalue weighted by Crippen LogP contribution is -2.37. The summed E-state index contributed by atoms with van der Waals surface area (Å²) in [5.41, 5.74) is 1.19. The van der Waals surface area contributed by atoms with Gasteiger partial charge in [0.25, 0.3) is 0 Å². The topological polar surface area (TPSA) is 35.5 Å². The van der Waals surface area contributed by atoms with E-state index in [1.165, 1.54) is 12.5 Å². The van der Waals surface area contributed by atoms with E-state index >= 15 is 0 Å². The summed E-state index contributed by atoms with van der Waals surface area (Å²) in [5, 5.41) is 0. The van der Waals surface area contributed by atoms with Gasteiger partial charge in [0.2, 0.25) is 0 Å². The SMILES string of the molecule is CC(=O)OCC(C)(C)C1C=C(C)CCO1. The molecule has 15 heavy (non-hydrogen) atoms. The molecular formula is C12H20O3. The number of hydrogen-bond donors (Lipinski definition) is 0. The molecule has 0 fully saturated rings. The molecule has 0 aromatic heterocycles. The van der Waals surface area contributed by atoms with E-state index in [9.17, 15) is 4.79 Å². The third-order valence-electron chi connectivity index (χ3n) is 2.65. The molecule has 0 amide bonds. The Hall–Kier alpha value is -0.830. The van der Waals surface area contributed by atoms with Gasteiger partial charge < -0.3 is 9.47 Å². The predicted octanol–water partition coefficient (Wildman–Crippen LogP) is 2.31. The maximum Gasteiger partial charge on any atom is 0.302 e. The summed E-state index contributed by atoms with van der Waals surface area (Å²) in [6.45, 7) is 8.80. The number of carbonyl (C=O) groups is 1. The van der Waals surface area contributed by atoms with Crippen molar-refractivity contribution in [3.05, 3.63) is 11.6 Å². The highest BCUT2D eigenvalue weighted by Crippen LogP contribution is 2.29. The standard InChI is InChI=1S/C12H20O3/c1-9-5-6-14-11(7-9)12(3,4)8-15-10(2)13/h7,11H,5-6,8H2,1-4H3. The van der Waals surface area contributed by atoms with Gasteiger partial charge in [0.05, 0.1) is 19.3 Å². The van der Waals surface area contributed by atoms with Gasteiger partial charge >= 0.3 is 5.97 Å². The van der Waals surface area contributed by atoms with Crippen LogP contribution >= 0.6 is 0 Å². The van der Waals surface area contributed by atoms with Gasteiger partial charge in [-0.2, -0.15) is 0 Å². The van der Waals surface area contributed by atoms with E-state index in [2.05, 4.69) is 26.8 Å². The first-order valence-corrected chi connectivity index (χ1v) is 5.34. The highest BCUT2D eigenvalue weighted by molar-refractivity contribution is 5.65. The smallest absolute Gasteiger partial charge is 0.302 e. The van der Waals surface area contributed by atoms with E-state index < -0.39 is 0 Å². The molecule has 0 aromatic carbocycles. The van der Waals surface area contributed by atoms with Gasteiger partial charge in [0.15, 0.2) is 0 Å². The highest BCUT2D eigenvalue weighted by Gasteiger charge is 2.31. The monoisotopic (exact) mass is 212 g/mol. The quantitative estimate of drug-likeness (QED) is 0.532. The molecule has 1 aliphatic rings. The van der Waals surface area contributed by atoms with Gasteiger partial charge in [-0.25, -0.2) is 0 Å². The second-order valence-corrected chi connectivity index (χ2v) is 4.82. The van der Waals surface area contributed by atoms with Crippen LogP contribution in [0.1, 0.15) is 34.1 Å². The fourth-order valence-corrected chi connectivity index (χ4v) is 1.56. The molecule has 0 bridgehead atoms. The van der Waals surface area contributed by atoms with Crippen molar-refractivity contribution in [3.8, 4) is 0 Å². The van der Waals surface area contributed by atoms with E-state index in [1.807, 2.05) is 0 Å². The molecule has 0 N–H and O–H groups in total. The minimum atomic E-state index is -0.236. The zero-order valence-electron chi connectivity index (χ0n) is 10.0. The summed E-state index contributed by atoms with van der Waals surface area (Å²) in [6.07, 6.45) is 3.18. The predicted molar refractivity (Wildman–Crippen MR) is 58.5 cm³/mol. The second kappa shape index (κ2) is 4.79. The number of ether oxygens (including phenoxy) is 2. The van der Waals surface area contributed by atoms with Crippen molar-refractivity contribution in [2.24, 2.45) is 5.41 Å². The van der Waals surface area contributed by atoms with Crippen LogP contribution in [0.25, 0.3) is 0 Å². The van der Waals surface area contributed by atoms with Gasteiger partial charge in [0, 0.05) is 12.3 Å². The van der Waals surface area contributed by atoms with Crippen molar-refractivity contribution in [3.63, 3.8) is 0 Å². The van der Waals surface area contributed by atoms with Crippen LogP contribution in [0.2, 0.25) is 0 Å². The molecule has 1 rings (SSSR count). The van der Waals surface area contributed by atoms with Gasteiger partial charge in [-0.15, -0.1) is 0 Å². The maximum absolute atomic E-state index is 10.8. The van der Waals surface area contributed by atoms with E-state index in [4.69, 9.17) is 9.47 Å². The zero-order valence-corrected chi connectivity index (χ0v) is 10.0. The molecule has 0 radical (unpaired) electrons. The number of esters is 1. The molecule has 86 valence electrons. The molecule has 0 spiro atoms. The normalized spacial score (nSPS) is 22.1. The zero-order chi connectivity index (χ0) is 11.5. The third kappa shape index (κ3) is 3.67. The summed E-state index contributed by atoms with van der Waals surface area (Å²) < 4.78 is 10.7. The maximum atomic E-state index is 10.8. The van der Waals surface area contributed by atoms with E-state index in [0.29, 0.717) is 6.61 Å². The number of hydrogen-bond acceptors (Lipinski definition) is 3. The van der Waals surface area contributed by atoms with E-state index in [-0.39, 0.29) is 17.5 Å². The van der Waals surface area contributed by atoms with Crippen LogP contribution in [-0.2, 0) is 14.3 Å². The van der Waals surface area contributed by atoms with Crippen LogP contribution in [0.3, 0.4) is 0 Å². The molecule has 1 aliphatic heterocycles.